The molecule has 0 spiro atoms. The average Bonchev–Trinajstić information content (AvgIpc) is 2.21. The number of nitrogens with two attached hydrogens (primary N) is 1. The minimum atomic E-state index is -1.78. The highest BCUT2D eigenvalue weighted by Gasteiger charge is 2.14. The van der Waals surface area contributed by atoms with E-state index < -0.39 is 28.5 Å². The van der Waals surface area contributed by atoms with Gasteiger partial charge in [-0.05, 0) is 18.2 Å². The van der Waals surface area contributed by atoms with Gasteiger partial charge in [0.1, 0.15) is 11.6 Å². The molecule has 15 heavy (non-hydrogen) atoms. The molecule has 0 aliphatic carbocycles. The van der Waals surface area contributed by atoms with Gasteiger partial charge in [-0.15, -0.1) is 0 Å². The third kappa shape index (κ3) is 3.33. The van der Waals surface area contributed by atoms with Gasteiger partial charge in [0, 0.05) is 6.54 Å². The molecule has 0 bridgehead atoms. The van der Waals surface area contributed by atoms with E-state index in [2.05, 4.69) is 0 Å². The SMILES string of the molecule is NCC(O)CS(=O)c1cc(F)ccc1F. The summed E-state index contributed by atoms with van der Waals surface area (Å²) in [4.78, 5) is -0.248. The van der Waals surface area contributed by atoms with Crippen LogP contribution < -0.4 is 5.73 Å². The Bertz CT molecular complexity index is 373. The van der Waals surface area contributed by atoms with Crippen molar-refractivity contribution in [1.29, 1.82) is 0 Å². The molecule has 84 valence electrons. The third-order valence-electron chi connectivity index (χ3n) is 1.75. The van der Waals surface area contributed by atoms with Crippen LogP contribution in [0.2, 0.25) is 0 Å². The molecule has 0 aliphatic rings. The summed E-state index contributed by atoms with van der Waals surface area (Å²) in [6.45, 7) is -0.0668. The van der Waals surface area contributed by atoms with Crippen molar-refractivity contribution < 1.29 is 18.1 Å². The van der Waals surface area contributed by atoms with Gasteiger partial charge >= 0.3 is 0 Å². The quantitative estimate of drug-likeness (QED) is 0.793. The van der Waals surface area contributed by atoms with Crippen molar-refractivity contribution in [3.63, 3.8) is 0 Å². The first-order valence-electron chi connectivity index (χ1n) is 4.26. The van der Waals surface area contributed by atoms with Crippen LogP contribution in [0.25, 0.3) is 0 Å². The molecule has 0 aromatic heterocycles. The highest BCUT2D eigenvalue weighted by molar-refractivity contribution is 7.85. The summed E-state index contributed by atoms with van der Waals surface area (Å²) < 4.78 is 37.3. The minimum absolute atomic E-state index is 0.0668. The van der Waals surface area contributed by atoms with Gasteiger partial charge in [0.2, 0.25) is 0 Å². The van der Waals surface area contributed by atoms with Crippen molar-refractivity contribution in [1.82, 2.24) is 0 Å². The van der Waals surface area contributed by atoms with E-state index in [1.807, 2.05) is 0 Å². The number of aliphatic hydroxyl groups excluding tert-OH is 1. The van der Waals surface area contributed by atoms with E-state index in [0.29, 0.717) is 0 Å². The minimum Gasteiger partial charge on any atom is -0.391 e. The maximum Gasteiger partial charge on any atom is 0.139 e. The zero-order valence-electron chi connectivity index (χ0n) is 7.82. The summed E-state index contributed by atoms with van der Waals surface area (Å²) in [7, 11) is -1.78. The van der Waals surface area contributed by atoms with E-state index in [1.54, 1.807) is 0 Å². The predicted molar refractivity (Wildman–Crippen MR) is 52.7 cm³/mol. The molecule has 1 aromatic rings. The lowest BCUT2D eigenvalue weighted by atomic mass is 10.3. The van der Waals surface area contributed by atoms with E-state index in [9.17, 15) is 13.0 Å². The lowest BCUT2D eigenvalue weighted by Gasteiger charge is -2.07. The van der Waals surface area contributed by atoms with Crippen molar-refractivity contribution in [3.8, 4) is 0 Å². The summed E-state index contributed by atoms with van der Waals surface area (Å²) in [5.74, 6) is -1.61. The molecule has 0 heterocycles. The second-order valence-electron chi connectivity index (χ2n) is 2.98. The number of rotatable bonds is 4. The lowest BCUT2D eigenvalue weighted by Crippen LogP contribution is -2.26. The Hall–Kier alpha value is -0.850. The number of aliphatic hydroxyl groups is 1. The maximum atomic E-state index is 13.1. The molecule has 2 unspecified atom stereocenters. The molecule has 0 saturated heterocycles. The number of hydrogen-bond donors (Lipinski definition) is 2. The van der Waals surface area contributed by atoms with Crippen LogP contribution in [0.5, 0.6) is 0 Å². The highest BCUT2D eigenvalue weighted by Crippen LogP contribution is 2.14. The molecule has 2 atom stereocenters. The lowest BCUT2D eigenvalue weighted by molar-refractivity contribution is 0.207. The molecule has 0 aliphatic heterocycles. The van der Waals surface area contributed by atoms with Gasteiger partial charge < -0.3 is 10.8 Å². The van der Waals surface area contributed by atoms with Gasteiger partial charge in [-0.3, -0.25) is 4.21 Å². The smallest absolute Gasteiger partial charge is 0.139 e. The molecule has 6 heteroatoms. The van der Waals surface area contributed by atoms with Gasteiger partial charge in [-0.2, -0.15) is 0 Å². The fourth-order valence-corrected chi connectivity index (χ4v) is 2.18. The largest absolute Gasteiger partial charge is 0.391 e. The van der Waals surface area contributed by atoms with Gasteiger partial charge in [0.15, 0.2) is 0 Å². The Morgan fingerprint density at radius 2 is 2.13 bits per heavy atom. The van der Waals surface area contributed by atoms with E-state index >= 15 is 0 Å². The summed E-state index contributed by atoms with van der Waals surface area (Å²) in [6.07, 6.45) is -0.978. The second-order valence-corrected chi connectivity index (χ2v) is 4.44. The van der Waals surface area contributed by atoms with Crippen molar-refractivity contribution in [2.24, 2.45) is 5.73 Å². The van der Waals surface area contributed by atoms with E-state index in [-0.39, 0.29) is 17.2 Å². The standard InChI is InChI=1S/C9H11F2NO2S/c10-6-1-2-8(11)9(3-6)15(14)5-7(13)4-12/h1-3,7,13H,4-5,12H2. The molecular formula is C9H11F2NO2S. The van der Waals surface area contributed by atoms with E-state index in [0.717, 1.165) is 18.2 Å². The normalized spacial score (nSPS) is 14.9. The van der Waals surface area contributed by atoms with Crippen molar-refractivity contribution in [2.45, 2.75) is 11.0 Å². The Morgan fingerprint density at radius 1 is 1.47 bits per heavy atom. The van der Waals surface area contributed by atoms with Crippen molar-refractivity contribution in [3.05, 3.63) is 29.8 Å². The van der Waals surface area contributed by atoms with Crippen LogP contribution in [0.15, 0.2) is 23.1 Å². The fourth-order valence-electron chi connectivity index (χ4n) is 0.984. The van der Waals surface area contributed by atoms with E-state index in [4.69, 9.17) is 10.8 Å². The molecular weight excluding hydrogens is 224 g/mol. The Balaban J connectivity index is 2.86. The number of halogens is 2. The van der Waals surface area contributed by atoms with Gasteiger partial charge in [-0.25, -0.2) is 8.78 Å². The number of benzene rings is 1. The molecule has 0 radical (unpaired) electrons. The van der Waals surface area contributed by atoms with E-state index in [1.165, 1.54) is 0 Å². The van der Waals surface area contributed by atoms with Crippen molar-refractivity contribution >= 4 is 10.8 Å². The summed E-state index contributed by atoms with van der Waals surface area (Å²) in [6, 6.07) is 2.70. The molecule has 1 aromatic carbocycles. The average molecular weight is 235 g/mol. The van der Waals surface area contributed by atoms with Crippen LogP contribution in [0.3, 0.4) is 0 Å². The van der Waals surface area contributed by atoms with Gasteiger partial charge in [0.25, 0.3) is 0 Å². The Labute approximate surface area is 88.4 Å². The molecule has 0 amide bonds. The first-order chi connectivity index (χ1) is 7.04. The predicted octanol–water partition coefficient (Wildman–Crippen LogP) is 0.392. The van der Waals surface area contributed by atoms with Crippen LogP contribution in [0.1, 0.15) is 0 Å². The zero-order chi connectivity index (χ0) is 11.4. The molecule has 0 saturated carbocycles. The Kier molecular flexibility index (Phi) is 4.31. The highest BCUT2D eigenvalue weighted by atomic mass is 32.2. The number of hydrogen-bond acceptors (Lipinski definition) is 3. The monoisotopic (exact) mass is 235 g/mol. The van der Waals surface area contributed by atoms with Crippen LogP contribution in [-0.2, 0) is 10.8 Å². The summed E-state index contributed by atoms with van der Waals surface area (Å²) in [5.41, 5.74) is 5.11. The topological polar surface area (TPSA) is 63.3 Å². The molecule has 3 nitrogen and oxygen atoms in total. The molecule has 3 N–H and O–H groups in total. The van der Waals surface area contributed by atoms with Crippen LogP contribution in [-0.4, -0.2) is 27.7 Å². The van der Waals surface area contributed by atoms with Crippen LogP contribution in [0, 0.1) is 11.6 Å². The zero-order valence-corrected chi connectivity index (χ0v) is 8.64. The second kappa shape index (κ2) is 5.29. The maximum absolute atomic E-state index is 13.1. The first-order valence-corrected chi connectivity index (χ1v) is 5.58. The van der Waals surface area contributed by atoms with Crippen molar-refractivity contribution in [2.75, 3.05) is 12.3 Å². The van der Waals surface area contributed by atoms with Crippen LogP contribution >= 0.6 is 0 Å². The fraction of sp³-hybridized carbons (Fsp3) is 0.333. The third-order valence-corrected chi connectivity index (χ3v) is 3.25. The Morgan fingerprint density at radius 3 is 2.73 bits per heavy atom. The summed E-state index contributed by atoms with van der Waals surface area (Å²) >= 11 is 0. The van der Waals surface area contributed by atoms with Gasteiger partial charge in [-0.1, -0.05) is 0 Å². The molecule has 0 fully saturated rings. The first kappa shape index (κ1) is 12.2. The van der Waals surface area contributed by atoms with Crippen LogP contribution in [0.4, 0.5) is 8.78 Å². The van der Waals surface area contributed by atoms with Gasteiger partial charge in [0.05, 0.1) is 27.6 Å². The summed E-state index contributed by atoms with van der Waals surface area (Å²) in [5, 5.41) is 9.12. The molecule has 1 rings (SSSR count).